The number of hydrogen-bond donors (Lipinski definition) is 3. The predicted molar refractivity (Wildman–Crippen MR) is 57.6 cm³/mol. The van der Waals surface area contributed by atoms with Gasteiger partial charge in [0.1, 0.15) is 0 Å². The van der Waals surface area contributed by atoms with Crippen LogP contribution < -0.4 is 0 Å². The van der Waals surface area contributed by atoms with E-state index >= 15 is 0 Å². The summed E-state index contributed by atoms with van der Waals surface area (Å²) in [5, 5.41) is 27.0. The molecule has 0 aromatic heterocycles. The third kappa shape index (κ3) is 5.54. The summed E-state index contributed by atoms with van der Waals surface area (Å²) in [6.45, 7) is 3.43. The molecule has 15 heavy (non-hydrogen) atoms. The fourth-order valence-corrected chi connectivity index (χ4v) is 1.32. The van der Waals surface area contributed by atoms with Crippen molar-refractivity contribution >= 4 is 5.97 Å². The lowest BCUT2D eigenvalue weighted by molar-refractivity contribution is -0.132. The third-order valence-electron chi connectivity index (χ3n) is 2.44. The van der Waals surface area contributed by atoms with E-state index in [1.807, 2.05) is 6.92 Å². The Hall–Kier alpha value is -0.870. The van der Waals surface area contributed by atoms with Gasteiger partial charge in [-0.1, -0.05) is 12.5 Å². The van der Waals surface area contributed by atoms with Crippen molar-refractivity contribution in [1.82, 2.24) is 0 Å². The Morgan fingerprint density at radius 1 is 1.40 bits per heavy atom. The second-order valence-electron chi connectivity index (χ2n) is 3.63. The van der Waals surface area contributed by atoms with Crippen LogP contribution in [0.2, 0.25) is 0 Å². The molecule has 0 aliphatic carbocycles. The van der Waals surface area contributed by atoms with Crippen molar-refractivity contribution in [2.75, 3.05) is 6.61 Å². The highest BCUT2D eigenvalue weighted by atomic mass is 16.4. The fourth-order valence-electron chi connectivity index (χ4n) is 1.32. The maximum absolute atomic E-state index is 10.8. The Morgan fingerprint density at radius 2 is 2.00 bits per heavy atom. The molecule has 1 unspecified atom stereocenters. The maximum atomic E-state index is 10.8. The summed E-state index contributed by atoms with van der Waals surface area (Å²) in [6.07, 6.45) is 1.57. The second kappa shape index (κ2) is 7.43. The Bertz CT molecular complexity index is 233. The maximum Gasteiger partial charge on any atom is 0.331 e. The average Bonchev–Trinajstić information content (AvgIpc) is 2.22. The van der Waals surface area contributed by atoms with Crippen LogP contribution in [-0.2, 0) is 4.79 Å². The Morgan fingerprint density at radius 3 is 2.40 bits per heavy atom. The van der Waals surface area contributed by atoms with Crippen molar-refractivity contribution in [3.63, 3.8) is 0 Å². The smallest absolute Gasteiger partial charge is 0.331 e. The molecule has 0 spiro atoms. The molecule has 1 atom stereocenters. The van der Waals surface area contributed by atoms with E-state index in [2.05, 4.69) is 0 Å². The summed E-state index contributed by atoms with van der Waals surface area (Å²) in [4.78, 5) is 10.8. The quantitative estimate of drug-likeness (QED) is 0.561. The monoisotopic (exact) mass is 216 g/mol. The molecule has 0 radical (unpaired) electrons. The third-order valence-corrected chi connectivity index (χ3v) is 2.44. The normalized spacial score (nSPS) is 14.7. The van der Waals surface area contributed by atoms with Crippen LogP contribution in [0.3, 0.4) is 0 Å². The minimum atomic E-state index is -0.953. The van der Waals surface area contributed by atoms with E-state index in [4.69, 9.17) is 10.2 Å². The molecule has 0 aliphatic rings. The molecule has 88 valence electrons. The van der Waals surface area contributed by atoms with Crippen LogP contribution in [-0.4, -0.2) is 34.0 Å². The molecule has 0 saturated carbocycles. The molecule has 0 fully saturated rings. The summed E-state index contributed by atoms with van der Waals surface area (Å²) in [6, 6.07) is 0. The van der Waals surface area contributed by atoms with E-state index in [9.17, 15) is 9.90 Å². The lowest BCUT2D eigenvalue weighted by Crippen LogP contribution is -2.10. The van der Waals surface area contributed by atoms with E-state index in [1.54, 1.807) is 0 Å². The molecule has 0 aromatic rings. The van der Waals surface area contributed by atoms with Crippen LogP contribution in [0.1, 0.15) is 39.5 Å². The first kappa shape index (κ1) is 14.1. The van der Waals surface area contributed by atoms with Crippen molar-refractivity contribution in [2.24, 2.45) is 0 Å². The topological polar surface area (TPSA) is 77.8 Å². The van der Waals surface area contributed by atoms with Crippen LogP contribution in [0.4, 0.5) is 0 Å². The summed E-state index contributed by atoms with van der Waals surface area (Å²) in [7, 11) is 0. The highest BCUT2D eigenvalue weighted by molar-refractivity contribution is 5.86. The highest BCUT2D eigenvalue weighted by Crippen LogP contribution is 2.18. The zero-order valence-electron chi connectivity index (χ0n) is 9.36. The summed E-state index contributed by atoms with van der Waals surface area (Å²) in [5.41, 5.74) is 1.02. The van der Waals surface area contributed by atoms with Gasteiger partial charge in [0.25, 0.3) is 0 Å². The van der Waals surface area contributed by atoms with Gasteiger partial charge in [-0.2, -0.15) is 0 Å². The lowest BCUT2D eigenvalue weighted by Gasteiger charge is -2.13. The summed E-state index contributed by atoms with van der Waals surface area (Å²) >= 11 is 0. The molecule has 4 nitrogen and oxygen atoms in total. The van der Waals surface area contributed by atoms with E-state index in [0.29, 0.717) is 25.7 Å². The van der Waals surface area contributed by atoms with E-state index in [-0.39, 0.29) is 12.2 Å². The van der Waals surface area contributed by atoms with Crippen LogP contribution >= 0.6 is 0 Å². The van der Waals surface area contributed by atoms with Gasteiger partial charge in [0.05, 0.1) is 6.10 Å². The van der Waals surface area contributed by atoms with E-state index in [1.165, 1.54) is 6.92 Å². The average molecular weight is 216 g/mol. The Labute approximate surface area is 90.2 Å². The summed E-state index contributed by atoms with van der Waals surface area (Å²) in [5.74, 6) is -0.953. The number of carboxylic acid groups (broad SMARTS) is 1. The number of aliphatic carboxylic acids is 1. The van der Waals surface area contributed by atoms with Gasteiger partial charge < -0.3 is 15.3 Å². The minimum absolute atomic E-state index is 0.0403. The van der Waals surface area contributed by atoms with Gasteiger partial charge in [-0.25, -0.2) is 4.79 Å². The van der Waals surface area contributed by atoms with Gasteiger partial charge in [-0.05, 0) is 32.6 Å². The van der Waals surface area contributed by atoms with Gasteiger partial charge in [0, 0.05) is 12.2 Å². The molecule has 0 saturated heterocycles. The van der Waals surface area contributed by atoms with Gasteiger partial charge in [-0.15, -0.1) is 0 Å². The predicted octanol–water partition coefficient (Wildman–Crippen LogP) is 1.32. The van der Waals surface area contributed by atoms with Crippen molar-refractivity contribution in [3.05, 3.63) is 11.1 Å². The minimum Gasteiger partial charge on any atom is -0.478 e. The number of aliphatic hydroxyl groups is 2. The van der Waals surface area contributed by atoms with Crippen LogP contribution in [0.25, 0.3) is 0 Å². The van der Waals surface area contributed by atoms with Crippen molar-refractivity contribution in [3.8, 4) is 0 Å². The van der Waals surface area contributed by atoms with Gasteiger partial charge in [0.2, 0.25) is 0 Å². The molecule has 0 heterocycles. The standard InChI is InChI=1S/C11H20O4/c1-3-10(13)7-9(5-4-6-12)8(2)11(14)15/h10,12-13H,3-7H2,1-2H3,(H,14,15). The molecule has 4 heteroatoms. The number of hydrogen-bond acceptors (Lipinski definition) is 3. The largest absolute Gasteiger partial charge is 0.478 e. The summed E-state index contributed by atoms with van der Waals surface area (Å²) < 4.78 is 0. The number of aliphatic hydroxyl groups excluding tert-OH is 2. The van der Waals surface area contributed by atoms with Gasteiger partial charge in [0.15, 0.2) is 0 Å². The van der Waals surface area contributed by atoms with Gasteiger partial charge in [-0.3, -0.25) is 0 Å². The van der Waals surface area contributed by atoms with Crippen LogP contribution in [0.5, 0.6) is 0 Å². The molecule has 0 amide bonds. The van der Waals surface area contributed by atoms with Crippen molar-refractivity contribution < 1.29 is 20.1 Å². The first-order chi connectivity index (χ1) is 7.02. The SMILES string of the molecule is CCC(O)CC(CCCO)=C(C)C(=O)O. The van der Waals surface area contributed by atoms with E-state index in [0.717, 1.165) is 5.57 Å². The molecule has 0 aromatic carbocycles. The molecule has 0 bridgehead atoms. The molecule has 0 aliphatic heterocycles. The lowest BCUT2D eigenvalue weighted by atomic mass is 9.97. The molecular formula is C11H20O4. The zero-order valence-corrected chi connectivity index (χ0v) is 9.36. The number of carbonyl (C=O) groups is 1. The Balaban J connectivity index is 4.56. The van der Waals surface area contributed by atoms with Crippen molar-refractivity contribution in [1.29, 1.82) is 0 Å². The first-order valence-corrected chi connectivity index (χ1v) is 5.23. The highest BCUT2D eigenvalue weighted by Gasteiger charge is 2.12. The van der Waals surface area contributed by atoms with Crippen LogP contribution in [0.15, 0.2) is 11.1 Å². The first-order valence-electron chi connectivity index (χ1n) is 5.23. The van der Waals surface area contributed by atoms with E-state index < -0.39 is 12.1 Å². The number of rotatable bonds is 7. The van der Waals surface area contributed by atoms with Gasteiger partial charge >= 0.3 is 5.97 Å². The zero-order chi connectivity index (χ0) is 11.8. The fraction of sp³-hybridized carbons (Fsp3) is 0.727. The number of carboxylic acids is 1. The molecule has 3 N–H and O–H groups in total. The Kier molecular flexibility index (Phi) is 6.99. The molecule has 0 rings (SSSR count). The van der Waals surface area contributed by atoms with Crippen molar-refractivity contribution in [2.45, 2.75) is 45.6 Å². The van der Waals surface area contributed by atoms with Crippen LogP contribution in [0, 0.1) is 0 Å². The second-order valence-corrected chi connectivity index (χ2v) is 3.63. The molecular weight excluding hydrogens is 196 g/mol.